The zero-order chi connectivity index (χ0) is 24.5. The van der Waals surface area contributed by atoms with E-state index in [1.54, 1.807) is 14.0 Å². The van der Waals surface area contributed by atoms with E-state index in [2.05, 4.69) is 70.7 Å². The molecule has 0 bridgehead atoms. The van der Waals surface area contributed by atoms with E-state index in [1.165, 1.54) is 22.5 Å². The van der Waals surface area contributed by atoms with Crippen LogP contribution in [-0.2, 0) is 0 Å². The lowest BCUT2D eigenvalue weighted by Gasteiger charge is -2.19. The van der Waals surface area contributed by atoms with Gasteiger partial charge in [0.15, 0.2) is 11.3 Å². The molecule has 0 saturated carbocycles. The molecule has 0 amide bonds. The molecular weight excluding hydrogens is 426 g/mol. The van der Waals surface area contributed by atoms with Gasteiger partial charge in [0.25, 0.3) is 0 Å². The van der Waals surface area contributed by atoms with Gasteiger partial charge in [0.2, 0.25) is 0 Å². The predicted molar refractivity (Wildman–Crippen MR) is 131 cm³/mol. The molecule has 4 heterocycles. The average molecular weight is 454 g/mol. The minimum Gasteiger partial charge on any atom is -0.494 e. The topological polar surface area (TPSA) is 86.0 Å². The summed E-state index contributed by atoms with van der Waals surface area (Å²) in [4.78, 5) is 13.7. The summed E-state index contributed by atoms with van der Waals surface area (Å²) in [6, 6.07) is 8.19. The Balaban J connectivity index is 1.97. The Morgan fingerprint density at radius 2 is 1.59 bits per heavy atom. The van der Waals surface area contributed by atoms with Gasteiger partial charge in [0, 0.05) is 17.1 Å². The van der Waals surface area contributed by atoms with Crippen LogP contribution in [0.4, 0.5) is 0 Å². The van der Waals surface area contributed by atoms with E-state index < -0.39 is 0 Å². The second kappa shape index (κ2) is 7.45. The first-order valence-corrected chi connectivity index (χ1v) is 11.2. The second-order valence-corrected chi connectivity index (χ2v) is 8.73. The predicted octanol–water partition coefficient (Wildman–Crippen LogP) is 4.90. The number of nitrogens with zero attached hydrogens (tertiary/aromatic N) is 7. The van der Waals surface area contributed by atoms with E-state index in [9.17, 15) is 5.26 Å². The van der Waals surface area contributed by atoms with Crippen molar-refractivity contribution in [2.24, 2.45) is 0 Å². The molecule has 0 unspecified atom stereocenters. The first kappa shape index (κ1) is 21.7. The van der Waals surface area contributed by atoms with Gasteiger partial charge in [-0.3, -0.25) is 9.13 Å². The molecule has 5 aromatic rings. The summed E-state index contributed by atoms with van der Waals surface area (Å²) in [5.41, 5.74) is 10.3. The highest BCUT2D eigenvalue weighted by Crippen LogP contribution is 2.37. The van der Waals surface area contributed by atoms with Gasteiger partial charge in [-0.15, -0.1) is 0 Å². The van der Waals surface area contributed by atoms with Crippen LogP contribution in [0.2, 0.25) is 0 Å². The first-order chi connectivity index (χ1) is 16.2. The number of ether oxygens (including phenoxy) is 1. The van der Waals surface area contributed by atoms with Crippen LogP contribution in [0.15, 0.2) is 18.2 Å². The molecule has 34 heavy (non-hydrogen) atoms. The summed E-state index contributed by atoms with van der Waals surface area (Å²) in [5.74, 6) is 1.91. The number of hydrogen-bond donors (Lipinski definition) is 0. The minimum atomic E-state index is 0.268. The van der Waals surface area contributed by atoms with E-state index in [0.717, 1.165) is 22.7 Å². The lowest BCUT2D eigenvalue weighted by Crippen LogP contribution is -2.09. The van der Waals surface area contributed by atoms with Crippen LogP contribution in [0.1, 0.15) is 45.6 Å². The molecule has 172 valence electrons. The fraction of sp³-hybridized carbons (Fsp3) is 0.308. The quantitative estimate of drug-likeness (QED) is 0.388. The molecule has 4 aromatic heterocycles. The van der Waals surface area contributed by atoms with Crippen LogP contribution in [0.25, 0.3) is 28.2 Å². The number of nitriles is 1. The molecule has 5 rings (SSSR count). The number of para-hydroxylation sites is 1. The summed E-state index contributed by atoms with van der Waals surface area (Å²) in [7, 11) is 1.66. The highest BCUT2D eigenvalue weighted by Gasteiger charge is 2.26. The molecule has 0 fully saturated rings. The molecule has 0 aliphatic heterocycles. The maximum atomic E-state index is 9.66. The lowest BCUT2D eigenvalue weighted by atomic mass is 10.1. The molecule has 0 N–H and O–H groups in total. The van der Waals surface area contributed by atoms with Crippen molar-refractivity contribution >= 4 is 16.8 Å². The van der Waals surface area contributed by atoms with Crippen molar-refractivity contribution in [3.8, 4) is 23.2 Å². The van der Waals surface area contributed by atoms with E-state index >= 15 is 0 Å². The first-order valence-electron chi connectivity index (χ1n) is 11.2. The van der Waals surface area contributed by atoms with Crippen molar-refractivity contribution in [1.82, 2.24) is 28.5 Å². The van der Waals surface area contributed by atoms with Gasteiger partial charge >= 0.3 is 0 Å². The maximum Gasteiger partial charge on any atom is 0.172 e. The maximum absolute atomic E-state index is 9.66. The van der Waals surface area contributed by atoms with E-state index in [-0.39, 0.29) is 5.69 Å². The molecular formula is C26H27N7O. The van der Waals surface area contributed by atoms with Crippen LogP contribution < -0.4 is 4.74 Å². The lowest BCUT2D eigenvalue weighted by molar-refractivity contribution is 0.412. The van der Waals surface area contributed by atoms with Gasteiger partial charge in [-0.25, -0.2) is 15.0 Å². The fourth-order valence-corrected chi connectivity index (χ4v) is 4.99. The van der Waals surface area contributed by atoms with E-state index in [4.69, 9.17) is 4.74 Å². The van der Waals surface area contributed by atoms with Crippen molar-refractivity contribution in [1.29, 1.82) is 5.26 Å². The Bertz CT molecular complexity index is 1670. The molecule has 8 nitrogen and oxygen atoms in total. The summed E-state index contributed by atoms with van der Waals surface area (Å²) in [6.45, 7) is 14.5. The number of aryl methyl sites for hydroxylation is 5. The number of aromatic nitrogens is 6. The molecule has 0 aliphatic rings. The SMILES string of the molecule is COc1cccc(-n2c(C)c(C)n3c(C)c(C)c(C)c23)c1-n1c(C)nc2c(C#N)nc(C)nc21. The third-order valence-electron chi connectivity index (χ3n) is 6.95. The standard InChI is InChI=1S/C26H27N7O/c1-13-14(2)26-31(15(13)3)16(4)17(5)32(26)21-10-9-11-22(34-8)24(21)33-19(7)30-23-20(12-27)28-18(6)29-25(23)33/h9-11H,1-8H3. The number of hydrogen-bond acceptors (Lipinski definition) is 5. The van der Waals surface area contributed by atoms with Crippen LogP contribution in [0.3, 0.4) is 0 Å². The van der Waals surface area contributed by atoms with E-state index in [0.29, 0.717) is 28.6 Å². The summed E-state index contributed by atoms with van der Waals surface area (Å²) >= 11 is 0. The number of fused-ring (bicyclic) bond motifs is 2. The normalized spacial score (nSPS) is 11.5. The van der Waals surface area contributed by atoms with Gasteiger partial charge in [-0.1, -0.05) is 6.07 Å². The van der Waals surface area contributed by atoms with Gasteiger partial charge in [0.05, 0.1) is 12.8 Å². The second-order valence-electron chi connectivity index (χ2n) is 8.73. The summed E-state index contributed by atoms with van der Waals surface area (Å²) in [5, 5.41) is 9.66. The number of rotatable bonds is 3. The van der Waals surface area contributed by atoms with Gasteiger partial charge < -0.3 is 9.14 Å². The largest absolute Gasteiger partial charge is 0.494 e. The molecule has 8 heteroatoms. The van der Waals surface area contributed by atoms with Crippen LogP contribution >= 0.6 is 0 Å². The number of methoxy groups -OCH3 is 1. The molecule has 0 saturated heterocycles. The van der Waals surface area contributed by atoms with Gasteiger partial charge in [-0.2, -0.15) is 5.26 Å². The average Bonchev–Trinajstić information content (AvgIpc) is 3.36. The summed E-state index contributed by atoms with van der Waals surface area (Å²) < 4.78 is 12.4. The highest BCUT2D eigenvalue weighted by atomic mass is 16.5. The Kier molecular flexibility index (Phi) is 4.76. The zero-order valence-corrected chi connectivity index (χ0v) is 20.8. The van der Waals surface area contributed by atoms with Crippen LogP contribution in [0, 0.1) is 59.8 Å². The Hall–Kier alpha value is -4.12. The van der Waals surface area contributed by atoms with Crippen molar-refractivity contribution in [2.45, 2.75) is 48.5 Å². The smallest absolute Gasteiger partial charge is 0.172 e. The molecule has 0 spiro atoms. The molecule has 0 radical (unpaired) electrons. The highest BCUT2D eigenvalue weighted by molar-refractivity contribution is 5.81. The van der Waals surface area contributed by atoms with Gasteiger partial charge in [-0.05, 0) is 71.7 Å². The van der Waals surface area contributed by atoms with Crippen molar-refractivity contribution in [3.63, 3.8) is 0 Å². The number of imidazole rings is 2. The minimum absolute atomic E-state index is 0.268. The summed E-state index contributed by atoms with van der Waals surface area (Å²) in [6.07, 6.45) is 0. The van der Waals surface area contributed by atoms with Crippen molar-refractivity contribution in [2.75, 3.05) is 7.11 Å². The Labute approximate surface area is 198 Å². The molecule has 0 atom stereocenters. The fourth-order valence-electron chi connectivity index (χ4n) is 4.99. The molecule has 1 aromatic carbocycles. The van der Waals surface area contributed by atoms with Crippen molar-refractivity contribution in [3.05, 3.63) is 63.8 Å². The van der Waals surface area contributed by atoms with E-state index in [1.807, 2.05) is 23.6 Å². The third-order valence-corrected chi connectivity index (χ3v) is 6.95. The monoisotopic (exact) mass is 453 g/mol. The Morgan fingerprint density at radius 1 is 0.853 bits per heavy atom. The van der Waals surface area contributed by atoms with Gasteiger partial charge in [0.1, 0.15) is 40.3 Å². The van der Waals surface area contributed by atoms with Crippen molar-refractivity contribution < 1.29 is 4.74 Å². The van der Waals surface area contributed by atoms with Crippen LogP contribution in [-0.4, -0.2) is 35.6 Å². The van der Waals surface area contributed by atoms with Crippen LogP contribution in [0.5, 0.6) is 5.75 Å². The zero-order valence-electron chi connectivity index (χ0n) is 20.8. The Morgan fingerprint density at radius 3 is 2.26 bits per heavy atom. The third kappa shape index (κ3) is 2.73. The molecule has 0 aliphatic carbocycles. The number of benzene rings is 1.